The maximum absolute atomic E-state index is 13.0. The van der Waals surface area contributed by atoms with Crippen LogP contribution in [0.4, 0.5) is 10.3 Å². The third kappa shape index (κ3) is 2.85. The van der Waals surface area contributed by atoms with Gasteiger partial charge in [0.25, 0.3) is 0 Å². The highest BCUT2D eigenvalue weighted by Gasteiger charge is 2.09. The molecule has 0 aliphatic rings. The van der Waals surface area contributed by atoms with E-state index in [-0.39, 0.29) is 11.8 Å². The van der Waals surface area contributed by atoms with Crippen LogP contribution in [0.5, 0.6) is 0 Å². The van der Waals surface area contributed by atoms with Crippen LogP contribution in [-0.4, -0.2) is 9.97 Å². The molecule has 0 saturated heterocycles. The summed E-state index contributed by atoms with van der Waals surface area (Å²) in [5, 5.41) is 0.584. The van der Waals surface area contributed by atoms with Crippen LogP contribution in [0.3, 0.4) is 0 Å². The summed E-state index contributed by atoms with van der Waals surface area (Å²) in [5.74, 6) is -0.154. The monoisotopic (exact) mass is 299 g/mol. The van der Waals surface area contributed by atoms with Gasteiger partial charge in [0.05, 0.1) is 11.4 Å². The van der Waals surface area contributed by atoms with Crippen LogP contribution in [0.2, 0.25) is 5.02 Å². The number of aromatic nitrogens is 2. The molecule has 1 heterocycles. The molecule has 0 bridgehead atoms. The number of halogens is 2. The molecule has 0 fully saturated rings. The first kappa shape index (κ1) is 13.5. The number of rotatable bonds is 2. The predicted molar refractivity (Wildman–Crippen MR) is 82.3 cm³/mol. The van der Waals surface area contributed by atoms with Crippen LogP contribution in [0.1, 0.15) is 0 Å². The second-order valence-corrected chi connectivity index (χ2v) is 4.89. The molecule has 0 amide bonds. The molecule has 104 valence electrons. The molecule has 2 N–H and O–H groups in total. The Morgan fingerprint density at radius 1 is 0.905 bits per heavy atom. The van der Waals surface area contributed by atoms with E-state index in [1.54, 1.807) is 24.3 Å². The van der Waals surface area contributed by atoms with Crippen molar-refractivity contribution >= 4 is 17.5 Å². The summed E-state index contributed by atoms with van der Waals surface area (Å²) in [7, 11) is 0. The lowest BCUT2D eigenvalue weighted by Gasteiger charge is -2.07. The Balaban J connectivity index is 2.13. The van der Waals surface area contributed by atoms with Crippen LogP contribution >= 0.6 is 11.6 Å². The van der Waals surface area contributed by atoms with Crippen molar-refractivity contribution in [3.8, 4) is 22.5 Å². The molecular weight excluding hydrogens is 289 g/mol. The van der Waals surface area contributed by atoms with E-state index in [4.69, 9.17) is 17.3 Å². The fourth-order valence-electron chi connectivity index (χ4n) is 2.04. The first-order valence-corrected chi connectivity index (χ1v) is 6.67. The van der Waals surface area contributed by atoms with Crippen molar-refractivity contribution < 1.29 is 4.39 Å². The lowest BCUT2D eigenvalue weighted by atomic mass is 10.1. The van der Waals surface area contributed by atoms with Gasteiger partial charge < -0.3 is 5.73 Å². The smallest absolute Gasteiger partial charge is 0.221 e. The van der Waals surface area contributed by atoms with Gasteiger partial charge >= 0.3 is 0 Å². The van der Waals surface area contributed by atoms with Gasteiger partial charge in [-0.2, -0.15) is 0 Å². The van der Waals surface area contributed by atoms with Crippen LogP contribution in [-0.2, 0) is 0 Å². The zero-order chi connectivity index (χ0) is 14.8. The van der Waals surface area contributed by atoms with Gasteiger partial charge in [-0.15, -0.1) is 0 Å². The van der Waals surface area contributed by atoms with Crippen molar-refractivity contribution in [3.05, 3.63) is 65.4 Å². The molecule has 3 rings (SSSR count). The van der Waals surface area contributed by atoms with E-state index in [1.807, 2.05) is 18.2 Å². The Bertz CT molecular complexity index is 788. The van der Waals surface area contributed by atoms with Crippen LogP contribution in [0, 0.1) is 5.82 Å². The molecule has 0 aliphatic carbocycles. The first-order valence-electron chi connectivity index (χ1n) is 6.29. The molecule has 0 radical (unpaired) electrons. The molecule has 1 aromatic heterocycles. The van der Waals surface area contributed by atoms with Crippen molar-refractivity contribution in [1.82, 2.24) is 9.97 Å². The summed E-state index contributed by atoms with van der Waals surface area (Å²) in [4.78, 5) is 8.41. The quantitative estimate of drug-likeness (QED) is 0.772. The minimum absolute atomic E-state index is 0.145. The Morgan fingerprint density at radius 3 is 2.29 bits per heavy atom. The molecule has 3 aromatic rings. The van der Waals surface area contributed by atoms with Crippen molar-refractivity contribution in [3.63, 3.8) is 0 Å². The van der Waals surface area contributed by atoms with Crippen molar-refractivity contribution in [1.29, 1.82) is 0 Å². The fourth-order valence-corrected chi connectivity index (χ4v) is 2.27. The second-order valence-electron chi connectivity index (χ2n) is 4.48. The van der Waals surface area contributed by atoms with Gasteiger partial charge in [0.2, 0.25) is 5.95 Å². The lowest BCUT2D eigenvalue weighted by Crippen LogP contribution is -1.99. The molecule has 0 unspecified atom stereocenters. The summed E-state index contributed by atoms with van der Waals surface area (Å²) < 4.78 is 13.0. The van der Waals surface area contributed by atoms with E-state index in [0.717, 1.165) is 11.1 Å². The summed E-state index contributed by atoms with van der Waals surface area (Å²) in [6, 6.07) is 15.2. The normalized spacial score (nSPS) is 10.6. The molecule has 0 spiro atoms. The summed E-state index contributed by atoms with van der Waals surface area (Å²) in [5.41, 5.74) is 8.57. The second kappa shape index (κ2) is 5.50. The Hall–Kier alpha value is -2.46. The highest BCUT2D eigenvalue weighted by molar-refractivity contribution is 6.33. The van der Waals surface area contributed by atoms with Crippen LogP contribution < -0.4 is 5.73 Å². The third-order valence-corrected chi connectivity index (χ3v) is 3.36. The topological polar surface area (TPSA) is 51.8 Å². The molecule has 0 aliphatic heterocycles. The molecule has 0 atom stereocenters. The zero-order valence-electron chi connectivity index (χ0n) is 10.9. The average Bonchev–Trinajstić information content (AvgIpc) is 2.48. The minimum Gasteiger partial charge on any atom is -0.368 e. The molecule has 2 aromatic carbocycles. The fraction of sp³-hybridized carbons (Fsp3) is 0. The zero-order valence-corrected chi connectivity index (χ0v) is 11.7. The lowest BCUT2D eigenvalue weighted by molar-refractivity contribution is 0.628. The number of nitrogen functional groups attached to an aromatic ring is 1. The molecule has 5 heteroatoms. The van der Waals surface area contributed by atoms with Gasteiger partial charge in [-0.05, 0) is 36.4 Å². The van der Waals surface area contributed by atoms with Crippen LogP contribution in [0.25, 0.3) is 22.5 Å². The minimum atomic E-state index is -0.299. The van der Waals surface area contributed by atoms with Gasteiger partial charge in [-0.25, -0.2) is 14.4 Å². The van der Waals surface area contributed by atoms with Crippen LogP contribution in [0.15, 0.2) is 54.6 Å². The molecule has 0 saturated carbocycles. The highest BCUT2D eigenvalue weighted by atomic mass is 35.5. The number of hydrogen-bond acceptors (Lipinski definition) is 3. The maximum atomic E-state index is 13.0. The van der Waals surface area contributed by atoms with Gasteiger partial charge in [-0.1, -0.05) is 29.8 Å². The van der Waals surface area contributed by atoms with Gasteiger partial charge in [0.15, 0.2) is 0 Å². The third-order valence-electron chi connectivity index (χ3n) is 3.03. The van der Waals surface area contributed by atoms with Crippen molar-refractivity contribution in [2.45, 2.75) is 0 Å². The Morgan fingerprint density at radius 2 is 1.57 bits per heavy atom. The maximum Gasteiger partial charge on any atom is 0.221 e. The van der Waals surface area contributed by atoms with E-state index < -0.39 is 0 Å². The first-order chi connectivity index (χ1) is 10.1. The standard InChI is InChI=1S/C16H11ClFN3/c17-13-4-2-1-3-12(13)15-9-14(20-16(19)21-15)10-5-7-11(18)8-6-10/h1-9H,(H2,19,20,21). The summed E-state index contributed by atoms with van der Waals surface area (Å²) >= 11 is 6.18. The Labute approximate surface area is 126 Å². The SMILES string of the molecule is Nc1nc(-c2ccc(F)cc2)cc(-c2ccccc2Cl)n1. The molecule has 3 nitrogen and oxygen atoms in total. The van der Waals surface area contributed by atoms with E-state index >= 15 is 0 Å². The van der Waals surface area contributed by atoms with E-state index in [1.165, 1.54) is 12.1 Å². The van der Waals surface area contributed by atoms with Crippen molar-refractivity contribution in [2.24, 2.45) is 0 Å². The number of hydrogen-bond donors (Lipinski definition) is 1. The number of benzene rings is 2. The van der Waals surface area contributed by atoms with E-state index in [9.17, 15) is 4.39 Å². The molecule has 21 heavy (non-hydrogen) atoms. The van der Waals surface area contributed by atoms with Gasteiger partial charge in [0.1, 0.15) is 5.82 Å². The van der Waals surface area contributed by atoms with Crippen molar-refractivity contribution in [2.75, 3.05) is 5.73 Å². The van der Waals surface area contributed by atoms with E-state index in [0.29, 0.717) is 16.4 Å². The predicted octanol–water partition coefficient (Wildman–Crippen LogP) is 4.19. The molecular formula is C16H11ClFN3. The Kier molecular flexibility index (Phi) is 3.54. The number of nitrogens with two attached hydrogens (primary N) is 1. The van der Waals surface area contributed by atoms with Gasteiger partial charge in [-0.3, -0.25) is 0 Å². The summed E-state index contributed by atoms with van der Waals surface area (Å²) in [6.45, 7) is 0. The number of nitrogens with zero attached hydrogens (tertiary/aromatic N) is 2. The average molecular weight is 300 g/mol. The summed E-state index contributed by atoms with van der Waals surface area (Å²) in [6.07, 6.45) is 0. The largest absolute Gasteiger partial charge is 0.368 e. The van der Waals surface area contributed by atoms with Gasteiger partial charge in [0, 0.05) is 16.1 Å². The highest BCUT2D eigenvalue weighted by Crippen LogP contribution is 2.29. The number of anilines is 1. The van der Waals surface area contributed by atoms with E-state index in [2.05, 4.69) is 9.97 Å².